The maximum Gasteiger partial charge on any atom is 0.127 e. The Morgan fingerprint density at radius 1 is 1.35 bits per heavy atom. The molecule has 1 unspecified atom stereocenters. The molecule has 3 rings (SSSR count). The van der Waals surface area contributed by atoms with Gasteiger partial charge < -0.3 is 9.84 Å². The fourth-order valence-corrected chi connectivity index (χ4v) is 3.06. The zero-order valence-electron chi connectivity index (χ0n) is 10.2. The molecule has 1 aliphatic heterocycles. The average Bonchev–Trinajstić information content (AvgIpc) is 2.97. The highest BCUT2D eigenvalue weighted by Crippen LogP contribution is 2.59. The van der Waals surface area contributed by atoms with Crippen molar-refractivity contribution in [1.29, 1.82) is 0 Å². The third-order valence-electron chi connectivity index (χ3n) is 4.53. The van der Waals surface area contributed by atoms with E-state index < -0.39 is 6.10 Å². The zero-order chi connectivity index (χ0) is 12.3. The van der Waals surface area contributed by atoms with Crippen LogP contribution in [0.5, 0.6) is 5.75 Å². The van der Waals surface area contributed by atoms with E-state index in [0.717, 1.165) is 15.8 Å². The molecule has 1 aromatic rings. The summed E-state index contributed by atoms with van der Waals surface area (Å²) >= 11 is 3.45. The second-order valence-electron chi connectivity index (χ2n) is 5.80. The average molecular weight is 297 g/mol. The first-order chi connectivity index (χ1) is 7.94. The molecule has 1 aromatic carbocycles. The first kappa shape index (κ1) is 11.5. The number of aliphatic hydroxyl groups excluding tert-OH is 1. The summed E-state index contributed by atoms with van der Waals surface area (Å²) in [6, 6.07) is 5.85. The van der Waals surface area contributed by atoms with Crippen LogP contribution >= 0.6 is 15.9 Å². The molecule has 2 aliphatic rings. The maximum absolute atomic E-state index is 10.3. The lowest BCUT2D eigenvalue weighted by Crippen LogP contribution is -2.45. The van der Waals surface area contributed by atoms with Gasteiger partial charge >= 0.3 is 0 Å². The smallest absolute Gasteiger partial charge is 0.127 e. The number of fused-ring (bicyclic) bond motifs is 1. The van der Waals surface area contributed by atoms with Gasteiger partial charge in [-0.15, -0.1) is 0 Å². The minimum atomic E-state index is -0.408. The summed E-state index contributed by atoms with van der Waals surface area (Å²) in [6.45, 7) is 4.38. The molecule has 1 aliphatic carbocycles. The van der Waals surface area contributed by atoms with Gasteiger partial charge in [-0.1, -0.05) is 28.9 Å². The van der Waals surface area contributed by atoms with Crippen LogP contribution in [0.1, 0.15) is 44.8 Å². The molecule has 17 heavy (non-hydrogen) atoms. The molecule has 0 radical (unpaired) electrons. The van der Waals surface area contributed by atoms with Crippen LogP contribution in [0.2, 0.25) is 0 Å². The Kier molecular flexibility index (Phi) is 2.37. The minimum absolute atomic E-state index is 0.230. The number of hydrogen-bond donors (Lipinski definition) is 1. The Morgan fingerprint density at radius 2 is 2.06 bits per heavy atom. The van der Waals surface area contributed by atoms with Gasteiger partial charge in [0.05, 0.1) is 6.10 Å². The van der Waals surface area contributed by atoms with E-state index in [-0.39, 0.29) is 11.0 Å². The Balaban J connectivity index is 2.02. The lowest BCUT2D eigenvalue weighted by atomic mass is 9.79. The summed E-state index contributed by atoms with van der Waals surface area (Å²) < 4.78 is 7.20. The van der Waals surface area contributed by atoms with Crippen LogP contribution in [-0.4, -0.2) is 10.7 Å². The molecule has 1 N–H and O–H groups in total. The first-order valence-corrected chi connectivity index (χ1v) is 6.89. The Morgan fingerprint density at radius 3 is 2.71 bits per heavy atom. The van der Waals surface area contributed by atoms with Crippen LogP contribution in [0.3, 0.4) is 0 Å². The molecule has 2 atom stereocenters. The molecule has 0 spiro atoms. The van der Waals surface area contributed by atoms with E-state index in [4.69, 9.17) is 4.74 Å². The van der Waals surface area contributed by atoms with E-state index in [9.17, 15) is 5.11 Å². The summed E-state index contributed by atoms with van der Waals surface area (Å²) in [4.78, 5) is 0. The lowest BCUT2D eigenvalue weighted by molar-refractivity contribution is -0.0472. The summed E-state index contributed by atoms with van der Waals surface area (Å²) in [5.41, 5.74) is 0.906. The van der Waals surface area contributed by atoms with Gasteiger partial charge in [0.25, 0.3) is 0 Å². The van der Waals surface area contributed by atoms with Crippen molar-refractivity contribution in [3.63, 3.8) is 0 Å². The maximum atomic E-state index is 10.3. The molecule has 1 saturated carbocycles. The van der Waals surface area contributed by atoms with Crippen LogP contribution in [0.15, 0.2) is 22.7 Å². The molecule has 2 nitrogen and oxygen atoms in total. The van der Waals surface area contributed by atoms with Crippen LogP contribution in [0.25, 0.3) is 0 Å². The van der Waals surface area contributed by atoms with Gasteiger partial charge in [-0.25, -0.2) is 0 Å². The molecular weight excluding hydrogens is 280 g/mol. The Bertz CT molecular complexity index is 467. The third kappa shape index (κ3) is 1.71. The van der Waals surface area contributed by atoms with E-state index in [1.165, 1.54) is 12.8 Å². The van der Waals surface area contributed by atoms with Gasteiger partial charge in [-0.3, -0.25) is 0 Å². The summed E-state index contributed by atoms with van der Waals surface area (Å²) in [5, 5.41) is 10.3. The highest BCUT2D eigenvalue weighted by Gasteiger charge is 2.57. The minimum Gasteiger partial charge on any atom is -0.486 e. The Labute approximate surface area is 110 Å². The van der Waals surface area contributed by atoms with Crippen molar-refractivity contribution in [3.8, 4) is 5.75 Å². The number of rotatable bonds is 1. The zero-order valence-corrected chi connectivity index (χ0v) is 11.8. The highest BCUT2D eigenvalue weighted by molar-refractivity contribution is 9.10. The quantitative estimate of drug-likeness (QED) is 0.853. The van der Waals surface area contributed by atoms with Crippen molar-refractivity contribution in [2.75, 3.05) is 0 Å². The fraction of sp³-hybridized carbons (Fsp3) is 0.571. The Hall–Kier alpha value is -0.540. The predicted molar refractivity (Wildman–Crippen MR) is 70.1 cm³/mol. The molecule has 92 valence electrons. The second kappa shape index (κ2) is 3.48. The number of benzene rings is 1. The van der Waals surface area contributed by atoms with Gasteiger partial charge in [0.2, 0.25) is 0 Å². The van der Waals surface area contributed by atoms with Crippen molar-refractivity contribution in [2.45, 2.75) is 44.8 Å². The van der Waals surface area contributed by atoms with Crippen LogP contribution in [0, 0.1) is 5.41 Å². The molecular formula is C14H17BrO2. The van der Waals surface area contributed by atoms with E-state index in [0.29, 0.717) is 6.42 Å². The van der Waals surface area contributed by atoms with E-state index in [2.05, 4.69) is 29.8 Å². The topological polar surface area (TPSA) is 29.5 Å². The van der Waals surface area contributed by atoms with E-state index in [1.54, 1.807) is 0 Å². The predicted octanol–water partition coefficient (Wildman–Crippen LogP) is 3.82. The molecule has 1 heterocycles. The number of hydrogen-bond acceptors (Lipinski definition) is 2. The van der Waals surface area contributed by atoms with Crippen molar-refractivity contribution < 1.29 is 9.84 Å². The van der Waals surface area contributed by atoms with E-state index in [1.807, 2.05) is 18.2 Å². The molecule has 0 amide bonds. The number of aliphatic hydroxyl groups is 1. The molecule has 0 bridgehead atoms. The van der Waals surface area contributed by atoms with Crippen LogP contribution in [0.4, 0.5) is 0 Å². The molecule has 1 fully saturated rings. The van der Waals surface area contributed by atoms with Crippen molar-refractivity contribution in [3.05, 3.63) is 28.2 Å². The third-order valence-corrected chi connectivity index (χ3v) is 5.02. The first-order valence-electron chi connectivity index (χ1n) is 6.10. The van der Waals surface area contributed by atoms with Gasteiger partial charge in [0, 0.05) is 21.9 Å². The SMILES string of the molecule is CC1(C2(C)C[C@@H](O)c3ccc(Br)cc3O2)CC1. The van der Waals surface area contributed by atoms with Gasteiger partial charge in [-0.2, -0.15) is 0 Å². The lowest BCUT2D eigenvalue weighted by Gasteiger charge is -2.42. The second-order valence-corrected chi connectivity index (χ2v) is 6.71. The van der Waals surface area contributed by atoms with Gasteiger partial charge in [0.15, 0.2) is 0 Å². The summed E-state index contributed by atoms with van der Waals surface area (Å²) in [6.07, 6.45) is 2.67. The summed E-state index contributed by atoms with van der Waals surface area (Å²) in [5.74, 6) is 0.828. The standard InChI is InChI=1S/C14H17BrO2/c1-13(5-6-13)14(2)8-11(16)10-4-3-9(15)7-12(10)17-14/h3-4,7,11,16H,5-6,8H2,1-2H3/t11-,14?/m1/s1. The highest BCUT2D eigenvalue weighted by atomic mass is 79.9. The van der Waals surface area contributed by atoms with Crippen molar-refractivity contribution in [1.82, 2.24) is 0 Å². The summed E-state index contributed by atoms with van der Waals surface area (Å²) in [7, 11) is 0. The normalized spacial score (nSPS) is 33.8. The number of halogens is 1. The van der Waals surface area contributed by atoms with Crippen LogP contribution < -0.4 is 4.74 Å². The number of ether oxygens (including phenoxy) is 1. The molecule has 0 aromatic heterocycles. The molecule has 0 saturated heterocycles. The molecule has 3 heteroatoms. The monoisotopic (exact) mass is 296 g/mol. The van der Waals surface area contributed by atoms with Crippen molar-refractivity contribution in [2.24, 2.45) is 5.41 Å². The van der Waals surface area contributed by atoms with Gasteiger partial charge in [-0.05, 0) is 31.9 Å². The van der Waals surface area contributed by atoms with Gasteiger partial charge in [0.1, 0.15) is 11.4 Å². The fourth-order valence-electron chi connectivity index (χ4n) is 2.72. The van der Waals surface area contributed by atoms with Crippen molar-refractivity contribution >= 4 is 15.9 Å². The van der Waals surface area contributed by atoms with E-state index >= 15 is 0 Å². The van der Waals surface area contributed by atoms with Crippen LogP contribution in [-0.2, 0) is 0 Å². The largest absolute Gasteiger partial charge is 0.486 e.